The number of carbonyl (C=O) groups is 2. The molecule has 3 atom stereocenters. The van der Waals surface area contributed by atoms with Crippen molar-refractivity contribution in [3.63, 3.8) is 0 Å². The molecule has 0 saturated heterocycles. The van der Waals surface area contributed by atoms with Gasteiger partial charge in [-0.2, -0.15) is 0 Å². The van der Waals surface area contributed by atoms with Crippen LogP contribution in [0, 0.1) is 0 Å². The van der Waals surface area contributed by atoms with Gasteiger partial charge < -0.3 is 25.4 Å². The summed E-state index contributed by atoms with van der Waals surface area (Å²) in [5, 5.41) is 15.8. The minimum atomic E-state index is -1.16. The van der Waals surface area contributed by atoms with Gasteiger partial charge in [-0.05, 0) is 63.1 Å². The van der Waals surface area contributed by atoms with Gasteiger partial charge in [-0.15, -0.1) is 0 Å². The van der Waals surface area contributed by atoms with E-state index in [0.29, 0.717) is 38.3 Å². The average Bonchev–Trinajstić information content (AvgIpc) is 3.41. The largest absolute Gasteiger partial charge is 0.480 e. The Hall–Kier alpha value is -3.38. The van der Waals surface area contributed by atoms with E-state index in [1.54, 1.807) is 0 Å². The molecule has 0 fully saturated rings. The molecule has 1 amide bonds. The zero-order valence-corrected chi connectivity index (χ0v) is 23.0. The van der Waals surface area contributed by atoms with Gasteiger partial charge in [-0.25, -0.2) is 19.2 Å². The molecule has 40 heavy (non-hydrogen) atoms. The lowest BCUT2D eigenvalue weighted by Gasteiger charge is -2.27. The van der Waals surface area contributed by atoms with Crippen molar-refractivity contribution < 1.29 is 23.8 Å². The van der Waals surface area contributed by atoms with Gasteiger partial charge in [0, 0.05) is 51.1 Å². The molecule has 2 aliphatic heterocycles. The third-order valence-corrected chi connectivity index (χ3v) is 7.64. The van der Waals surface area contributed by atoms with Crippen LogP contribution in [0.5, 0.6) is 0 Å². The zero-order chi connectivity index (χ0) is 28.5. The van der Waals surface area contributed by atoms with E-state index in [2.05, 4.69) is 27.8 Å². The van der Waals surface area contributed by atoms with Crippen LogP contribution in [0.25, 0.3) is 0 Å². The molecule has 0 saturated carbocycles. The first-order valence-electron chi connectivity index (χ1n) is 14.0. The molecule has 11 nitrogen and oxygen atoms in total. The highest BCUT2D eigenvalue weighted by atomic mass is 19.1. The van der Waals surface area contributed by atoms with Crippen LogP contribution >= 0.6 is 0 Å². The summed E-state index contributed by atoms with van der Waals surface area (Å²) in [7, 11) is 1.45. The SMILES string of the molecule is COC(CF)CN(CCCCc1ccc2c(n1)NCCC2)CCC(NC(=O)C1CCc2nccc(=O)n21)C(=O)O. The topological polar surface area (TPSA) is 139 Å². The Bertz CT molecular complexity index is 1220. The number of carboxylic acid groups (broad SMARTS) is 1. The van der Waals surface area contributed by atoms with Crippen LogP contribution in [0.4, 0.5) is 10.2 Å². The number of pyridine rings is 1. The number of nitrogens with one attached hydrogen (secondary N) is 2. The van der Waals surface area contributed by atoms with Crippen LogP contribution in [0.1, 0.15) is 55.2 Å². The van der Waals surface area contributed by atoms with Crippen LogP contribution in [-0.2, 0) is 33.6 Å². The number of aryl methyl sites for hydroxylation is 3. The molecule has 4 heterocycles. The smallest absolute Gasteiger partial charge is 0.326 e. The number of carbonyl (C=O) groups excluding carboxylic acids is 1. The van der Waals surface area contributed by atoms with Gasteiger partial charge in [0.15, 0.2) is 0 Å². The lowest BCUT2D eigenvalue weighted by Crippen LogP contribution is -2.47. The van der Waals surface area contributed by atoms with Gasteiger partial charge in [0.2, 0.25) is 5.91 Å². The quantitative estimate of drug-likeness (QED) is 0.279. The standard InChI is InChI=1S/C28H39FN6O5/c1-40-21(17-29)18-34(15-3-2-6-20-8-7-19-5-4-13-31-26(19)32-20)16-12-22(28(38)39)33-27(37)23-9-10-24-30-14-11-25(36)35(23)24/h7-8,11,14,21-23H,2-6,9-10,12-13,15-18H2,1H3,(H,31,32)(H,33,37)(H,38,39). The molecule has 0 radical (unpaired) electrons. The lowest BCUT2D eigenvalue weighted by atomic mass is 10.1. The van der Waals surface area contributed by atoms with E-state index < -0.39 is 36.7 Å². The number of carboxylic acids is 1. The molecule has 0 aliphatic carbocycles. The number of rotatable bonds is 15. The number of nitrogens with zero attached hydrogens (tertiary/aromatic N) is 4. The summed E-state index contributed by atoms with van der Waals surface area (Å²) in [5.41, 5.74) is 1.94. The van der Waals surface area contributed by atoms with Crippen LogP contribution in [0.15, 0.2) is 29.2 Å². The fourth-order valence-corrected chi connectivity index (χ4v) is 5.37. The molecule has 2 aromatic heterocycles. The maximum atomic E-state index is 13.4. The second kappa shape index (κ2) is 14.3. The van der Waals surface area contributed by atoms with E-state index in [9.17, 15) is 23.9 Å². The average molecular weight is 559 g/mol. The number of hydrogen-bond donors (Lipinski definition) is 3. The van der Waals surface area contributed by atoms with Crippen molar-refractivity contribution in [1.29, 1.82) is 0 Å². The summed E-state index contributed by atoms with van der Waals surface area (Å²) in [6.45, 7) is 1.56. The van der Waals surface area contributed by atoms with Gasteiger partial charge in [-0.1, -0.05) is 6.07 Å². The summed E-state index contributed by atoms with van der Waals surface area (Å²) in [5.74, 6) is -0.186. The predicted molar refractivity (Wildman–Crippen MR) is 147 cm³/mol. The molecule has 3 N–H and O–H groups in total. The summed E-state index contributed by atoms with van der Waals surface area (Å²) < 4.78 is 20.0. The maximum Gasteiger partial charge on any atom is 0.326 e. The fraction of sp³-hybridized carbons (Fsp3) is 0.607. The van der Waals surface area contributed by atoms with Gasteiger partial charge in [-0.3, -0.25) is 14.2 Å². The third-order valence-electron chi connectivity index (χ3n) is 7.64. The highest BCUT2D eigenvalue weighted by Gasteiger charge is 2.32. The van der Waals surface area contributed by atoms with E-state index in [-0.39, 0.29) is 12.0 Å². The maximum absolute atomic E-state index is 13.4. The van der Waals surface area contributed by atoms with Crippen LogP contribution in [0.3, 0.4) is 0 Å². The highest BCUT2D eigenvalue weighted by molar-refractivity contribution is 5.86. The molecule has 4 rings (SSSR count). The normalized spacial score (nSPS) is 17.5. The van der Waals surface area contributed by atoms with Crippen LogP contribution in [0.2, 0.25) is 0 Å². The van der Waals surface area contributed by atoms with Crippen molar-refractivity contribution in [2.24, 2.45) is 0 Å². The number of alkyl halides is 1. The predicted octanol–water partition coefficient (Wildman–Crippen LogP) is 1.75. The molecule has 12 heteroatoms. The van der Waals surface area contributed by atoms with E-state index in [4.69, 9.17) is 9.72 Å². The van der Waals surface area contributed by atoms with E-state index >= 15 is 0 Å². The molecule has 218 valence electrons. The number of hydrogen-bond acceptors (Lipinski definition) is 8. The van der Waals surface area contributed by atoms with E-state index in [1.165, 1.54) is 29.5 Å². The van der Waals surface area contributed by atoms with Gasteiger partial charge >= 0.3 is 5.97 Å². The van der Waals surface area contributed by atoms with Crippen molar-refractivity contribution in [2.45, 2.75) is 69.6 Å². The summed E-state index contributed by atoms with van der Waals surface area (Å²) in [6, 6.07) is 3.56. The number of halogens is 1. The Morgan fingerprint density at radius 3 is 2.90 bits per heavy atom. The van der Waals surface area contributed by atoms with Crippen molar-refractivity contribution in [3.8, 4) is 0 Å². The zero-order valence-electron chi connectivity index (χ0n) is 23.0. The number of anilines is 1. The van der Waals surface area contributed by atoms with Gasteiger partial charge in [0.1, 0.15) is 30.4 Å². The Morgan fingerprint density at radius 1 is 1.27 bits per heavy atom. The molecule has 0 aromatic carbocycles. The van der Waals surface area contributed by atoms with Crippen molar-refractivity contribution in [1.82, 2.24) is 24.8 Å². The van der Waals surface area contributed by atoms with Crippen molar-refractivity contribution in [2.75, 3.05) is 45.3 Å². The Balaban J connectivity index is 1.31. The first kappa shape index (κ1) is 29.6. The third kappa shape index (κ3) is 7.63. The second-order valence-electron chi connectivity index (χ2n) is 10.4. The first-order chi connectivity index (χ1) is 19.4. The minimum absolute atomic E-state index is 0.128. The fourth-order valence-electron chi connectivity index (χ4n) is 5.37. The van der Waals surface area contributed by atoms with Crippen LogP contribution in [-0.4, -0.2) is 88.5 Å². The molecule has 3 unspecified atom stereocenters. The number of fused-ring (bicyclic) bond motifs is 2. The Morgan fingerprint density at radius 2 is 2.12 bits per heavy atom. The lowest BCUT2D eigenvalue weighted by molar-refractivity contribution is -0.142. The van der Waals surface area contributed by atoms with Crippen LogP contribution < -0.4 is 16.2 Å². The monoisotopic (exact) mass is 558 g/mol. The van der Waals surface area contributed by atoms with Crippen molar-refractivity contribution in [3.05, 3.63) is 51.8 Å². The number of methoxy groups -OCH3 is 1. The number of amides is 1. The Labute approximate surface area is 233 Å². The number of aliphatic carboxylic acids is 1. The van der Waals surface area contributed by atoms with E-state index in [0.717, 1.165) is 50.2 Å². The second-order valence-corrected chi connectivity index (χ2v) is 10.4. The molecule has 2 aliphatic rings. The molecule has 0 bridgehead atoms. The van der Waals surface area contributed by atoms with Crippen molar-refractivity contribution >= 4 is 17.7 Å². The minimum Gasteiger partial charge on any atom is -0.480 e. The molecule has 0 spiro atoms. The molecular weight excluding hydrogens is 519 g/mol. The number of unbranched alkanes of at least 4 members (excludes halogenated alkanes) is 1. The Kier molecular flexibility index (Phi) is 10.6. The summed E-state index contributed by atoms with van der Waals surface area (Å²) >= 11 is 0. The van der Waals surface area contributed by atoms with E-state index in [1.807, 2.05) is 4.90 Å². The number of ether oxygens (including phenoxy) is 1. The number of aromatic nitrogens is 3. The van der Waals surface area contributed by atoms with Gasteiger partial charge in [0.25, 0.3) is 5.56 Å². The molecular formula is C28H39FN6O5. The first-order valence-corrected chi connectivity index (χ1v) is 14.0. The summed E-state index contributed by atoms with van der Waals surface area (Å²) in [4.78, 5) is 48.1. The van der Waals surface area contributed by atoms with Gasteiger partial charge in [0.05, 0.1) is 6.10 Å². The summed E-state index contributed by atoms with van der Waals surface area (Å²) in [6.07, 6.45) is 6.43. The molecule has 2 aromatic rings. The highest BCUT2D eigenvalue weighted by Crippen LogP contribution is 2.22.